The zero-order chi connectivity index (χ0) is 15.3. The molecule has 2 rings (SSSR count). The lowest BCUT2D eigenvalue weighted by Crippen LogP contribution is -2.18. The highest BCUT2D eigenvalue weighted by Crippen LogP contribution is 2.68. The predicted molar refractivity (Wildman–Crippen MR) is 82.4 cm³/mol. The number of hydrogen-bond acceptors (Lipinski definition) is 2. The van der Waals surface area contributed by atoms with Crippen LogP contribution in [0.3, 0.4) is 0 Å². The molecular formula is C16H22ClNO2. The zero-order valence-electron chi connectivity index (χ0n) is 12.9. The molecule has 1 aromatic carbocycles. The summed E-state index contributed by atoms with van der Waals surface area (Å²) in [6, 6.07) is 3.58. The van der Waals surface area contributed by atoms with E-state index in [0.717, 1.165) is 5.56 Å². The Balaban J connectivity index is 2.24. The van der Waals surface area contributed by atoms with Crippen molar-refractivity contribution in [3.05, 3.63) is 22.7 Å². The number of methoxy groups -OCH3 is 1. The lowest BCUT2D eigenvalue weighted by atomic mass is 10.0. The van der Waals surface area contributed by atoms with Crippen molar-refractivity contribution in [2.45, 2.75) is 34.6 Å². The first-order chi connectivity index (χ1) is 9.12. The molecule has 0 bridgehead atoms. The molecule has 0 spiro atoms. The number of hydrogen-bond donors (Lipinski definition) is 1. The number of carbonyl (C=O) groups excluding carboxylic acids is 1. The Hall–Kier alpha value is -1.22. The van der Waals surface area contributed by atoms with E-state index in [2.05, 4.69) is 33.0 Å². The Morgan fingerprint density at radius 1 is 1.25 bits per heavy atom. The second-order valence-electron chi connectivity index (χ2n) is 6.67. The second-order valence-corrected chi connectivity index (χ2v) is 7.07. The van der Waals surface area contributed by atoms with Crippen molar-refractivity contribution in [2.24, 2.45) is 16.7 Å². The number of ether oxygens (including phenoxy) is 1. The number of aryl methyl sites for hydroxylation is 1. The van der Waals surface area contributed by atoms with Gasteiger partial charge in [0.05, 0.1) is 12.8 Å². The number of benzene rings is 1. The minimum Gasteiger partial charge on any atom is -0.495 e. The monoisotopic (exact) mass is 295 g/mol. The van der Waals surface area contributed by atoms with Gasteiger partial charge in [0.2, 0.25) is 5.91 Å². The largest absolute Gasteiger partial charge is 0.495 e. The Morgan fingerprint density at radius 2 is 1.80 bits per heavy atom. The van der Waals surface area contributed by atoms with Crippen LogP contribution in [0.2, 0.25) is 5.02 Å². The summed E-state index contributed by atoms with van der Waals surface area (Å²) in [4.78, 5) is 12.5. The number of halogens is 1. The molecule has 0 atom stereocenters. The molecule has 0 radical (unpaired) electrons. The van der Waals surface area contributed by atoms with E-state index in [1.54, 1.807) is 13.2 Å². The van der Waals surface area contributed by atoms with E-state index >= 15 is 0 Å². The van der Waals surface area contributed by atoms with Gasteiger partial charge in [0.25, 0.3) is 0 Å². The first-order valence-electron chi connectivity index (χ1n) is 6.78. The Morgan fingerprint density at radius 3 is 2.25 bits per heavy atom. The molecule has 1 aromatic rings. The van der Waals surface area contributed by atoms with Crippen molar-refractivity contribution >= 4 is 23.2 Å². The maximum absolute atomic E-state index is 12.5. The zero-order valence-corrected chi connectivity index (χ0v) is 13.7. The molecule has 0 saturated heterocycles. The van der Waals surface area contributed by atoms with Crippen LogP contribution in [0.25, 0.3) is 0 Å². The lowest BCUT2D eigenvalue weighted by molar-refractivity contribution is -0.118. The first kappa shape index (κ1) is 15.2. The summed E-state index contributed by atoms with van der Waals surface area (Å²) >= 11 is 6.07. The highest BCUT2D eigenvalue weighted by Gasteiger charge is 2.68. The van der Waals surface area contributed by atoms with Crippen LogP contribution in [0.15, 0.2) is 12.1 Å². The van der Waals surface area contributed by atoms with Crippen molar-refractivity contribution in [1.82, 2.24) is 0 Å². The van der Waals surface area contributed by atoms with E-state index in [1.165, 1.54) is 0 Å². The molecule has 1 aliphatic carbocycles. The van der Waals surface area contributed by atoms with E-state index in [0.29, 0.717) is 16.5 Å². The summed E-state index contributed by atoms with van der Waals surface area (Å²) < 4.78 is 5.29. The van der Waals surface area contributed by atoms with Crippen LogP contribution in [0, 0.1) is 23.7 Å². The van der Waals surface area contributed by atoms with Crippen molar-refractivity contribution < 1.29 is 9.53 Å². The molecule has 110 valence electrons. The number of anilines is 1. The van der Waals surface area contributed by atoms with E-state index < -0.39 is 0 Å². The molecule has 0 aliphatic heterocycles. The fourth-order valence-corrected chi connectivity index (χ4v) is 3.14. The van der Waals surface area contributed by atoms with Gasteiger partial charge in [0.1, 0.15) is 5.75 Å². The van der Waals surface area contributed by atoms with E-state index in [1.807, 2.05) is 13.0 Å². The Labute approximate surface area is 125 Å². The van der Waals surface area contributed by atoms with Crippen molar-refractivity contribution in [3.8, 4) is 5.75 Å². The highest BCUT2D eigenvalue weighted by molar-refractivity contribution is 6.31. The van der Waals surface area contributed by atoms with Gasteiger partial charge in [-0.1, -0.05) is 39.3 Å². The van der Waals surface area contributed by atoms with Gasteiger partial charge in [-0.15, -0.1) is 0 Å². The fourth-order valence-electron chi connectivity index (χ4n) is 2.99. The smallest absolute Gasteiger partial charge is 0.228 e. The van der Waals surface area contributed by atoms with Crippen LogP contribution in [0.1, 0.15) is 33.3 Å². The fraction of sp³-hybridized carbons (Fsp3) is 0.562. The van der Waals surface area contributed by atoms with Crippen molar-refractivity contribution in [1.29, 1.82) is 0 Å². The molecular weight excluding hydrogens is 274 g/mol. The quantitative estimate of drug-likeness (QED) is 0.904. The molecule has 4 heteroatoms. The molecule has 0 aromatic heterocycles. The molecule has 20 heavy (non-hydrogen) atoms. The average molecular weight is 296 g/mol. The van der Waals surface area contributed by atoms with Crippen LogP contribution in [-0.4, -0.2) is 13.0 Å². The Bertz CT molecular complexity index is 550. The minimum absolute atomic E-state index is 0.00990. The standard InChI is InChI=1S/C16H22ClNO2/c1-9-7-11(12(20-6)8-10(9)17)18-14(19)13-15(2,3)16(13,4)5/h7-8,13H,1-6H3,(H,18,19). The number of carbonyl (C=O) groups is 1. The summed E-state index contributed by atoms with van der Waals surface area (Å²) in [5.41, 5.74) is 1.63. The van der Waals surface area contributed by atoms with E-state index in [-0.39, 0.29) is 22.7 Å². The SMILES string of the molecule is COc1cc(Cl)c(C)cc1NC(=O)C1C(C)(C)C1(C)C. The lowest BCUT2D eigenvalue weighted by Gasteiger charge is -2.13. The van der Waals surface area contributed by atoms with Crippen LogP contribution in [-0.2, 0) is 4.79 Å². The number of amides is 1. The van der Waals surface area contributed by atoms with Gasteiger partial charge in [-0.05, 0) is 29.4 Å². The van der Waals surface area contributed by atoms with Gasteiger partial charge in [-0.2, -0.15) is 0 Å². The molecule has 0 heterocycles. The van der Waals surface area contributed by atoms with Crippen LogP contribution in [0.4, 0.5) is 5.69 Å². The highest BCUT2D eigenvalue weighted by atomic mass is 35.5. The van der Waals surface area contributed by atoms with Gasteiger partial charge in [-0.3, -0.25) is 4.79 Å². The van der Waals surface area contributed by atoms with Gasteiger partial charge in [0.15, 0.2) is 0 Å². The van der Waals surface area contributed by atoms with Crippen LogP contribution >= 0.6 is 11.6 Å². The topological polar surface area (TPSA) is 38.3 Å². The van der Waals surface area contributed by atoms with Crippen LogP contribution in [0.5, 0.6) is 5.75 Å². The Kier molecular flexibility index (Phi) is 3.53. The summed E-state index contributed by atoms with van der Waals surface area (Å²) in [5.74, 6) is 0.640. The van der Waals surface area contributed by atoms with E-state index in [9.17, 15) is 4.79 Å². The predicted octanol–water partition coefficient (Wildman–Crippen LogP) is 4.28. The van der Waals surface area contributed by atoms with Gasteiger partial charge in [0, 0.05) is 17.0 Å². The maximum Gasteiger partial charge on any atom is 0.228 e. The molecule has 1 amide bonds. The third-order valence-corrected chi connectivity index (χ3v) is 5.43. The number of rotatable bonds is 3. The van der Waals surface area contributed by atoms with Gasteiger partial charge < -0.3 is 10.1 Å². The van der Waals surface area contributed by atoms with Gasteiger partial charge >= 0.3 is 0 Å². The van der Waals surface area contributed by atoms with Crippen molar-refractivity contribution in [3.63, 3.8) is 0 Å². The average Bonchev–Trinajstić information content (AvgIpc) is 2.74. The summed E-state index contributed by atoms with van der Waals surface area (Å²) in [6.07, 6.45) is 0. The third-order valence-electron chi connectivity index (χ3n) is 5.02. The van der Waals surface area contributed by atoms with Crippen molar-refractivity contribution in [2.75, 3.05) is 12.4 Å². The summed E-state index contributed by atoms with van der Waals surface area (Å²) in [7, 11) is 1.57. The molecule has 1 aliphatic rings. The normalized spacial score (nSPS) is 19.6. The number of nitrogens with one attached hydrogen (secondary N) is 1. The summed E-state index contributed by atoms with van der Waals surface area (Å²) in [6.45, 7) is 10.4. The first-order valence-corrected chi connectivity index (χ1v) is 7.15. The van der Waals surface area contributed by atoms with Gasteiger partial charge in [-0.25, -0.2) is 0 Å². The molecule has 3 nitrogen and oxygen atoms in total. The summed E-state index contributed by atoms with van der Waals surface area (Å²) in [5, 5.41) is 3.61. The van der Waals surface area contributed by atoms with Crippen LogP contribution < -0.4 is 10.1 Å². The second kappa shape index (κ2) is 4.66. The maximum atomic E-state index is 12.5. The van der Waals surface area contributed by atoms with E-state index in [4.69, 9.17) is 16.3 Å². The molecule has 0 unspecified atom stereocenters. The third kappa shape index (κ3) is 2.18. The molecule has 1 saturated carbocycles. The minimum atomic E-state index is 0.00990. The molecule has 1 fully saturated rings. The molecule has 1 N–H and O–H groups in total.